The Kier molecular flexibility index (Phi) is 3.79. The summed E-state index contributed by atoms with van der Waals surface area (Å²) in [5.41, 5.74) is 0.295. The van der Waals surface area contributed by atoms with Gasteiger partial charge in [-0.1, -0.05) is 0 Å². The third-order valence-electron chi connectivity index (χ3n) is 3.11. The molecule has 1 atom stereocenters. The SMILES string of the molecule is Cc1cc(F)c(NC2CCCCNC2=O)cc1F. The van der Waals surface area contributed by atoms with Crippen LogP contribution < -0.4 is 10.6 Å². The molecule has 1 saturated heterocycles. The van der Waals surface area contributed by atoms with Crippen molar-refractivity contribution >= 4 is 11.6 Å². The van der Waals surface area contributed by atoms with Gasteiger partial charge in [-0.2, -0.15) is 0 Å². The monoisotopic (exact) mass is 254 g/mol. The molecule has 3 nitrogen and oxygen atoms in total. The fourth-order valence-electron chi connectivity index (χ4n) is 2.02. The van der Waals surface area contributed by atoms with Crippen molar-refractivity contribution in [3.05, 3.63) is 29.3 Å². The minimum Gasteiger partial charge on any atom is -0.371 e. The topological polar surface area (TPSA) is 41.1 Å². The van der Waals surface area contributed by atoms with Gasteiger partial charge in [0.1, 0.15) is 17.7 Å². The number of rotatable bonds is 2. The van der Waals surface area contributed by atoms with E-state index in [2.05, 4.69) is 10.6 Å². The Morgan fingerprint density at radius 1 is 1.28 bits per heavy atom. The van der Waals surface area contributed by atoms with Gasteiger partial charge in [0.25, 0.3) is 0 Å². The molecule has 2 rings (SSSR count). The van der Waals surface area contributed by atoms with Crippen molar-refractivity contribution in [2.24, 2.45) is 0 Å². The summed E-state index contributed by atoms with van der Waals surface area (Å²) in [5, 5.41) is 5.52. The van der Waals surface area contributed by atoms with E-state index >= 15 is 0 Å². The molecule has 0 aromatic heterocycles. The van der Waals surface area contributed by atoms with Crippen LogP contribution >= 0.6 is 0 Å². The van der Waals surface area contributed by atoms with Crippen LogP contribution in [0.3, 0.4) is 0 Å². The molecule has 0 saturated carbocycles. The molecule has 0 aliphatic carbocycles. The van der Waals surface area contributed by atoms with Crippen LogP contribution in [0.25, 0.3) is 0 Å². The first-order chi connectivity index (χ1) is 8.58. The number of aryl methyl sites for hydroxylation is 1. The van der Waals surface area contributed by atoms with E-state index in [1.54, 1.807) is 0 Å². The lowest BCUT2D eigenvalue weighted by atomic mass is 10.1. The van der Waals surface area contributed by atoms with E-state index in [9.17, 15) is 13.6 Å². The van der Waals surface area contributed by atoms with Gasteiger partial charge in [-0.25, -0.2) is 8.78 Å². The number of amides is 1. The molecule has 5 heteroatoms. The van der Waals surface area contributed by atoms with E-state index < -0.39 is 17.7 Å². The lowest BCUT2D eigenvalue weighted by Crippen LogP contribution is -2.38. The first-order valence-corrected chi connectivity index (χ1v) is 6.08. The highest BCUT2D eigenvalue weighted by Crippen LogP contribution is 2.21. The molecule has 1 unspecified atom stereocenters. The van der Waals surface area contributed by atoms with Gasteiger partial charge in [0.15, 0.2) is 0 Å². The fourth-order valence-corrected chi connectivity index (χ4v) is 2.02. The molecular weight excluding hydrogens is 238 g/mol. The van der Waals surface area contributed by atoms with Gasteiger partial charge < -0.3 is 10.6 Å². The highest BCUT2D eigenvalue weighted by atomic mass is 19.1. The Hall–Kier alpha value is -1.65. The first-order valence-electron chi connectivity index (χ1n) is 6.08. The van der Waals surface area contributed by atoms with Gasteiger partial charge in [0.05, 0.1) is 5.69 Å². The molecule has 0 radical (unpaired) electrons. The van der Waals surface area contributed by atoms with Gasteiger partial charge in [0.2, 0.25) is 5.91 Å². The molecular formula is C13H16F2N2O. The van der Waals surface area contributed by atoms with E-state index in [1.165, 1.54) is 6.92 Å². The number of hydrogen-bond acceptors (Lipinski definition) is 2. The summed E-state index contributed by atoms with van der Waals surface area (Å²) in [6.07, 6.45) is 2.42. The van der Waals surface area contributed by atoms with Gasteiger partial charge in [-0.3, -0.25) is 4.79 Å². The smallest absolute Gasteiger partial charge is 0.242 e. The zero-order valence-corrected chi connectivity index (χ0v) is 10.2. The maximum Gasteiger partial charge on any atom is 0.242 e. The Morgan fingerprint density at radius 3 is 2.83 bits per heavy atom. The van der Waals surface area contributed by atoms with Crippen molar-refractivity contribution in [1.82, 2.24) is 5.32 Å². The second-order valence-corrected chi connectivity index (χ2v) is 4.56. The summed E-state index contributed by atoms with van der Waals surface area (Å²) in [5.74, 6) is -1.17. The number of halogens is 2. The predicted octanol–water partition coefficient (Wildman–Crippen LogP) is 2.35. The zero-order chi connectivity index (χ0) is 13.1. The molecule has 98 valence electrons. The first kappa shape index (κ1) is 12.8. The van der Waals surface area contributed by atoms with E-state index in [0.717, 1.165) is 25.0 Å². The molecule has 1 aliphatic heterocycles. The lowest BCUT2D eigenvalue weighted by Gasteiger charge is -2.17. The molecule has 18 heavy (non-hydrogen) atoms. The number of hydrogen-bond donors (Lipinski definition) is 2. The van der Waals surface area contributed by atoms with Gasteiger partial charge >= 0.3 is 0 Å². The van der Waals surface area contributed by atoms with Crippen LogP contribution in [0, 0.1) is 18.6 Å². The molecule has 0 spiro atoms. The summed E-state index contributed by atoms with van der Waals surface area (Å²) in [4.78, 5) is 11.7. The summed E-state index contributed by atoms with van der Waals surface area (Å²) in [7, 11) is 0. The van der Waals surface area contributed by atoms with Crippen molar-refractivity contribution in [1.29, 1.82) is 0 Å². The Bertz CT molecular complexity index is 463. The number of carbonyl (C=O) groups is 1. The Labute approximate surface area is 105 Å². The highest BCUT2D eigenvalue weighted by molar-refractivity contribution is 5.84. The van der Waals surface area contributed by atoms with Crippen LogP contribution in [0.1, 0.15) is 24.8 Å². The van der Waals surface area contributed by atoms with E-state index in [-0.39, 0.29) is 17.2 Å². The van der Waals surface area contributed by atoms with Crippen LogP contribution in [0.15, 0.2) is 12.1 Å². The van der Waals surface area contributed by atoms with Crippen molar-refractivity contribution in [2.45, 2.75) is 32.2 Å². The van der Waals surface area contributed by atoms with Crippen LogP contribution in [0.4, 0.5) is 14.5 Å². The molecule has 1 amide bonds. The van der Waals surface area contributed by atoms with Crippen LogP contribution in [0.5, 0.6) is 0 Å². The summed E-state index contributed by atoms with van der Waals surface area (Å²) < 4.78 is 27.0. The van der Waals surface area contributed by atoms with Gasteiger partial charge in [-0.15, -0.1) is 0 Å². The average molecular weight is 254 g/mol. The zero-order valence-electron chi connectivity index (χ0n) is 10.2. The predicted molar refractivity (Wildman–Crippen MR) is 65.4 cm³/mol. The maximum atomic E-state index is 13.7. The van der Waals surface area contributed by atoms with Crippen molar-refractivity contribution in [2.75, 3.05) is 11.9 Å². The standard InChI is InChI=1S/C13H16F2N2O/c1-8-6-10(15)12(7-9(8)14)17-11-4-2-3-5-16-13(11)18/h6-7,11,17H,2-5H2,1H3,(H,16,18). The third-order valence-corrected chi connectivity index (χ3v) is 3.11. The highest BCUT2D eigenvalue weighted by Gasteiger charge is 2.21. The number of anilines is 1. The minimum atomic E-state index is -0.536. The second-order valence-electron chi connectivity index (χ2n) is 4.56. The quantitative estimate of drug-likeness (QED) is 0.850. The molecule has 1 heterocycles. The average Bonchev–Trinajstić information content (AvgIpc) is 2.52. The van der Waals surface area contributed by atoms with Crippen LogP contribution in [-0.2, 0) is 4.79 Å². The largest absolute Gasteiger partial charge is 0.371 e. The normalized spacial score (nSPS) is 20.2. The molecule has 1 aliphatic rings. The van der Waals surface area contributed by atoms with Crippen LogP contribution in [0.2, 0.25) is 0 Å². The number of nitrogens with one attached hydrogen (secondary N) is 2. The van der Waals surface area contributed by atoms with Crippen molar-refractivity contribution < 1.29 is 13.6 Å². The van der Waals surface area contributed by atoms with Gasteiger partial charge in [-0.05, 0) is 37.8 Å². The van der Waals surface area contributed by atoms with E-state index in [1.807, 2.05) is 0 Å². The maximum absolute atomic E-state index is 13.7. The van der Waals surface area contributed by atoms with Gasteiger partial charge in [0, 0.05) is 12.6 Å². The Morgan fingerprint density at radius 2 is 2.06 bits per heavy atom. The molecule has 1 aromatic carbocycles. The number of benzene rings is 1. The summed E-state index contributed by atoms with van der Waals surface area (Å²) in [6.45, 7) is 2.14. The third kappa shape index (κ3) is 2.78. The van der Waals surface area contributed by atoms with Crippen molar-refractivity contribution in [3.63, 3.8) is 0 Å². The second kappa shape index (κ2) is 5.33. The summed E-state index contributed by atoms with van der Waals surface area (Å²) in [6, 6.07) is 1.74. The fraction of sp³-hybridized carbons (Fsp3) is 0.462. The summed E-state index contributed by atoms with van der Waals surface area (Å²) >= 11 is 0. The molecule has 0 bridgehead atoms. The van der Waals surface area contributed by atoms with E-state index in [4.69, 9.17) is 0 Å². The molecule has 2 N–H and O–H groups in total. The minimum absolute atomic E-state index is 0.0418. The molecule has 1 fully saturated rings. The number of carbonyl (C=O) groups excluding carboxylic acids is 1. The van der Waals surface area contributed by atoms with E-state index in [0.29, 0.717) is 13.0 Å². The molecule has 1 aromatic rings. The van der Waals surface area contributed by atoms with Crippen LogP contribution in [-0.4, -0.2) is 18.5 Å². The lowest BCUT2D eigenvalue weighted by molar-refractivity contribution is -0.121. The van der Waals surface area contributed by atoms with Crippen molar-refractivity contribution in [3.8, 4) is 0 Å². The Balaban J connectivity index is 2.17.